The van der Waals surface area contributed by atoms with Crippen molar-refractivity contribution >= 4 is 23.5 Å². The van der Waals surface area contributed by atoms with E-state index in [1.165, 1.54) is 12.1 Å². The molecule has 0 amide bonds. The topological polar surface area (TPSA) is 45.6 Å². The van der Waals surface area contributed by atoms with E-state index in [0.29, 0.717) is 18.3 Å². The van der Waals surface area contributed by atoms with Gasteiger partial charge in [-0.1, -0.05) is 42.5 Å². The lowest BCUT2D eigenvalue weighted by Crippen LogP contribution is -2.31. The number of benzene rings is 3. The molecule has 0 fully saturated rings. The first-order chi connectivity index (χ1) is 13.7. The molecule has 3 aromatic rings. The molecule has 0 aliphatic carbocycles. The molecular weight excluding hydrogens is 373 g/mol. The quantitative estimate of drug-likeness (QED) is 0.355. The molecule has 3 rings (SSSR count). The fourth-order valence-electron chi connectivity index (χ4n) is 2.38. The van der Waals surface area contributed by atoms with Gasteiger partial charge in [0.2, 0.25) is 0 Å². The van der Waals surface area contributed by atoms with Gasteiger partial charge in [-0.05, 0) is 65.3 Å². The highest BCUT2D eigenvalue weighted by Crippen LogP contribution is 2.13. The third-order valence-electron chi connectivity index (χ3n) is 3.87. The van der Waals surface area contributed by atoms with Crippen LogP contribution in [0, 0.1) is 5.82 Å². The lowest BCUT2D eigenvalue weighted by atomic mass is 10.2. The lowest BCUT2D eigenvalue weighted by molar-refractivity contribution is 0.306. The third-order valence-corrected chi connectivity index (χ3v) is 4.11. The monoisotopic (exact) mass is 393 g/mol. The maximum Gasteiger partial charge on any atom is 0.187 e. The van der Waals surface area contributed by atoms with Crippen molar-refractivity contribution in [3.05, 3.63) is 101 Å². The summed E-state index contributed by atoms with van der Waals surface area (Å²) in [6.45, 7) is 1.03. The Kier molecular flexibility index (Phi) is 7.09. The van der Waals surface area contributed by atoms with Crippen LogP contribution in [0.4, 0.5) is 4.39 Å². The molecule has 0 atom stereocenters. The second-order valence-corrected chi connectivity index (χ2v) is 6.43. The number of nitrogens with zero attached hydrogens (tertiary/aromatic N) is 1. The van der Waals surface area contributed by atoms with Gasteiger partial charge in [-0.2, -0.15) is 5.10 Å². The number of rotatable bonds is 7. The molecule has 0 heterocycles. The van der Waals surface area contributed by atoms with Crippen molar-refractivity contribution in [3.63, 3.8) is 0 Å². The zero-order valence-electron chi connectivity index (χ0n) is 15.1. The van der Waals surface area contributed by atoms with Crippen LogP contribution >= 0.6 is 12.2 Å². The SMILES string of the molecule is Fc1ccc(COc2ccc(/C=N/NC(=S)NCc3ccccc3)cc2)cc1. The van der Waals surface area contributed by atoms with Gasteiger partial charge in [-0.3, -0.25) is 5.43 Å². The minimum absolute atomic E-state index is 0.254. The van der Waals surface area contributed by atoms with Gasteiger partial charge in [-0.15, -0.1) is 0 Å². The summed E-state index contributed by atoms with van der Waals surface area (Å²) in [5, 5.41) is 7.68. The van der Waals surface area contributed by atoms with E-state index in [1.807, 2.05) is 54.6 Å². The van der Waals surface area contributed by atoms with Crippen molar-refractivity contribution in [2.75, 3.05) is 0 Å². The zero-order chi connectivity index (χ0) is 19.6. The van der Waals surface area contributed by atoms with E-state index >= 15 is 0 Å². The van der Waals surface area contributed by atoms with Gasteiger partial charge < -0.3 is 10.1 Å². The summed E-state index contributed by atoms with van der Waals surface area (Å²) in [4.78, 5) is 0. The molecule has 0 radical (unpaired) electrons. The highest BCUT2D eigenvalue weighted by atomic mass is 32.1. The number of nitrogens with one attached hydrogen (secondary N) is 2. The van der Waals surface area contributed by atoms with Crippen molar-refractivity contribution in [1.82, 2.24) is 10.7 Å². The highest BCUT2D eigenvalue weighted by molar-refractivity contribution is 7.80. The Hall–Kier alpha value is -3.25. The van der Waals surface area contributed by atoms with Gasteiger partial charge in [0.05, 0.1) is 6.21 Å². The van der Waals surface area contributed by atoms with Crippen LogP contribution in [0.5, 0.6) is 5.75 Å². The maximum absolute atomic E-state index is 12.9. The number of ether oxygens (including phenoxy) is 1. The normalized spacial score (nSPS) is 10.6. The summed E-state index contributed by atoms with van der Waals surface area (Å²) >= 11 is 5.20. The molecule has 0 aliphatic heterocycles. The Morgan fingerprint density at radius 1 is 0.929 bits per heavy atom. The molecule has 0 unspecified atom stereocenters. The van der Waals surface area contributed by atoms with Crippen molar-refractivity contribution in [3.8, 4) is 5.75 Å². The van der Waals surface area contributed by atoms with E-state index in [1.54, 1.807) is 18.3 Å². The molecule has 0 aromatic heterocycles. The van der Waals surface area contributed by atoms with E-state index in [4.69, 9.17) is 17.0 Å². The standard InChI is InChI=1S/C22H20FN3OS/c23-20-10-6-19(7-11-20)16-27-21-12-8-18(9-13-21)15-25-26-22(28)24-14-17-4-2-1-3-5-17/h1-13,15H,14,16H2,(H2,24,26,28)/b25-15+. The smallest absolute Gasteiger partial charge is 0.187 e. The Labute approximate surface area is 169 Å². The molecule has 0 saturated carbocycles. The molecule has 3 aromatic carbocycles. The van der Waals surface area contributed by atoms with Crippen molar-refractivity contribution in [2.45, 2.75) is 13.2 Å². The highest BCUT2D eigenvalue weighted by Gasteiger charge is 1.98. The number of hydrogen-bond acceptors (Lipinski definition) is 3. The van der Waals surface area contributed by atoms with E-state index in [9.17, 15) is 4.39 Å². The molecular formula is C22H20FN3OS. The first kappa shape index (κ1) is 19.5. The fraction of sp³-hybridized carbons (Fsp3) is 0.0909. The third kappa shape index (κ3) is 6.48. The molecule has 6 heteroatoms. The molecule has 0 spiro atoms. The van der Waals surface area contributed by atoms with Gasteiger partial charge >= 0.3 is 0 Å². The van der Waals surface area contributed by atoms with Crippen LogP contribution in [0.2, 0.25) is 0 Å². The second-order valence-electron chi connectivity index (χ2n) is 6.02. The van der Waals surface area contributed by atoms with Crippen LogP contribution in [-0.2, 0) is 13.2 Å². The van der Waals surface area contributed by atoms with E-state index in [0.717, 1.165) is 22.4 Å². The molecule has 28 heavy (non-hydrogen) atoms. The van der Waals surface area contributed by atoms with E-state index < -0.39 is 0 Å². The number of thiocarbonyl (C=S) groups is 1. The number of hydrazone groups is 1. The Bertz CT molecular complexity index is 913. The summed E-state index contributed by atoms with van der Waals surface area (Å²) in [7, 11) is 0. The largest absolute Gasteiger partial charge is 0.489 e. The predicted molar refractivity (Wildman–Crippen MR) is 114 cm³/mol. The number of halogens is 1. The Balaban J connectivity index is 1.41. The molecule has 4 nitrogen and oxygen atoms in total. The minimum atomic E-state index is -0.254. The predicted octanol–water partition coefficient (Wildman–Crippen LogP) is 4.40. The molecule has 142 valence electrons. The molecule has 0 aliphatic rings. The zero-order valence-corrected chi connectivity index (χ0v) is 16.0. The summed E-state index contributed by atoms with van der Waals surface area (Å²) in [6.07, 6.45) is 1.68. The van der Waals surface area contributed by atoms with Crippen LogP contribution in [0.1, 0.15) is 16.7 Å². The Morgan fingerprint density at radius 2 is 1.64 bits per heavy atom. The summed E-state index contributed by atoms with van der Waals surface area (Å²) < 4.78 is 18.6. The average molecular weight is 393 g/mol. The van der Waals surface area contributed by atoms with Crippen molar-refractivity contribution in [2.24, 2.45) is 5.10 Å². The fourth-order valence-corrected chi connectivity index (χ4v) is 2.51. The second kappa shape index (κ2) is 10.2. The van der Waals surface area contributed by atoms with Gasteiger partial charge in [0.15, 0.2) is 5.11 Å². The first-order valence-electron chi connectivity index (χ1n) is 8.77. The summed E-state index contributed by atoms with van der Waals surface area (Å²) in [5.41, 5.74) is 5.76. The first-order valence-corrected chi connectivity index (χ1v) is 9.18. The minimum Gasteiger partial charge on any atom is -0.489 e. The molecule has 0 saturated heterocycles. The van der Waals surface area contributed by atoms with Gasteiger partial charge in [0, 0.05) is 6.54 Å². The van der Waals surface area contributed by atoms with Crippen LogP contribution in [-0.4, -0.2) is 11.3 Å². The van der Waals surface area contributed by atoms with Crippen molar-refractivity contribution < 1.29 is 9.13 Å². The molecule has 0 bridgehead atoms. The van der Waals surface area contributed by atoms with Gasteiger partial charge in [-0.25, -0.2) is 4.39 Å². The summed E-state index contributed by atoms with van der Waals surface area (Å²) in [6, 6.07) is 23.8. The van der Waals surface area contributed by atoms with Crippen molar-refractivity contribution in [1.29, 1.82) is 0 Å². The van der Waals surface area contributed by atoms with Crippen LogP contribution in [0.15, 0.2) is 84.0 Å². The molecule has 2 N–H and O–H groups in total. The van der Waals surface area contributed by atoms with Crippen LogP contribution in [0.25, 0.3) is 0 Å². The average Bonchev–Trinajstić information content (AvgIpc) is 2.73. The Morgan fingerprint density at radius 3 is 2.36 bits per heavy atom. The lowest BCUT2D eigenvalue weighted by Gasteiger charge is -2.07. The number of hydrogen-bond donors (Lipinski definition) is 2. The maximum atomic E-state index is 12.9. The van der Waals surface area contributed by atoms with Crippen LogP contribution < -0.4 is 15.5 Å². The van der Waals surface area contributed by atoms with Crippen LogP contribution in [0.3, 0.4) is 0 Å². The van der Waals surface area contributed by atoms with E-state index in [2.05, 4.69) is 15.8 Å². The van der Waals surface area contributed by atoms with Gasteiger partial charge in [0.1, 0.15) is 18.2 Å². The van der Waals surface area contributed by atoms with Gasteiger partial charge in [0.25, 0.3) is 0 Å². The van der Waals surface area contributed by atoms with E-state index in [-0.39, 0.29) is 5.82 Å². The summed E-state index contributed by atoms with van der Waals surface area (Å²) in [5.74, 6) is 0.477.